The van der Waals surface area contributed by atoms with Crippen molar-refractivity contribution in [2.75, 3.05) is 0 Å². The van der Waals surface area contributed by atoms with Gasteiger partial charge in [0.1, 0.15) is 5.75 Å². The molecule has 1 aromatic heterocycles. The predicted molar refractivity (Wildman–Crippen MR) is 91.1 cm³/mol. The molecule has 24 heavy (non-hydrogen) atoms. The Labute approximate surface area is 141 Å². The Morgan fingerprint density at radius 1 is 1.12 bits per heavy atom. The van der Waals surface area contributed by atoms with E-state index in [0.717, 1.165) is 6.42 Å². The fourth-order valence-corrected chi connectivity index (χ4v) is 3.28. The van der Waals surface area contributed by atoms with Gasteiger partial charge in [-0.2, -0.15) is 4.39 Å². The highest BCUT2D eigenvalue weighted by atomic mass is 19.1. The number of hydrogen-bond acceptors (Lipinski definition) is 3. The summed E-state index contributed by atoms with van der Waals surface area (Å²) in [5.74, 6) is 0.467. The summed E-state index contributed by atoms with van der Waals surface area (Å²) in [5, 5.41) is 0. The number of carbonyl (C=O) groups excluding carboxylic acids is 1. The van der Waals surface area contributed by atoms with Gasteiger partial charge in [-0.1, -0.05) is 44.2 Å². The van der Waals surface area contributed by atoms with Crippen LogP contribution in [0.25, 0.3) is 11.1 Å². The summed E-state index contributed by atoms with van der Waals surface area (Å²) >= 11 is 0. The monoisotopic (exact) mass is 327 g/mol. The van der Waals surface area contributed by atoms with Crippen molar-refractivity contribution in [3.63, 3.8) is 0 Å². The number of esters is 1. The topological polar surface area (TPSA) is 39.2 Å². The molecule has 4 heteroatoms. The molecule has 0 saturated heterocycles. The molecule has 0 spiro atoms. The summed E-state index contributed by atoms with van der Waals surface area (Å²) in [7, 11) is 0. The van der Waals surface area contributed by atoms with E-state index in [1.807, 2.05) is 0 Å². The fourth-order valence-electron chi connectivity index (χ4n) is 3.28. The number of rotatable bonds is 5. The van der Waals surface area contributed by atoms with Gasteiger partial charge in [0.25, 0.3) is 0 Å². The highest BCUT2D eigenvalue weighted by molar-refractivity contribution is 5.73. The SMILES string of the molecule is O=C(CCC1CCCCC1)Oc1ccc(-c2cccnc2F)cc1. The van der Waals surface area contributed by atoms with Crippen LogP contribution in [0.5, 0.6) is 5.75 Å². The largest absolute Gasteiger partial charge is 0.427 e. The van der Waals surface area contributed by atoms with Crippen LogP contribution in [0, 0.1) is 11.9 Å². The lowest BCUT2D eigenvalue weighted by Gasteiger charge is -2.20. The molecule has 0 N–H and O–H groups in total. The first-order valence-corrected chi connectivity index (χ1v) is 8.64. The molecule has 1 heterocycles. The van der Waals surface area contributed by atoms with Crippen molar-refractivity contribution in [3.05, 3.63) is 48.5 Å². The Kier molecular flexibility index (Phi) is 5.57. The molecule has 1 fully saturated rings. The number of ether oxygens (including phenoxy) is 1. The highest BCUT2D eigenvalue weighted by Gasteiger charge is 2.15. The lowest BCUT2D eigenvalue weighted by atomic mass is 9.86. The van der Waals surface area contributed by atoms with Gasteiger partial charge in [0.2, 0.25) is 5.95 Å². The smallest absolute Gasteiger partial charge is 0.311 e. The van der Waals surface area contributed by atoms with Gasteiger partial charge in [0.15, 0.2) is 0 Å². The van der Waals surface area contributed by atoms with Crippen LogP contribution in [0.1, 0.15) is 44.9 Å². The third-order valence-electron chi connectivity index (χ3n) is 4.64. The van der Waals surface area contributed by atoms with Crippen molar-refractivity contribution in [3.8, 4) is 16.9 Å². The zero-order valence-corrected chi connectivity index (χ0v) is 13.7. The first kappa shape index (κ1) is 16.6. The molecule has 0 radical (unpaired) electrons. The maximum absolute atomic E-state index is 13.7. The Bertz CT molecular complexity index is 678. The van der Waals surface area contributed by atoms with Gasteiger partial charge in [-0.05, 0) is 42.2 Å². The van der Waals surface area contributed by atoms with E-state index < -0.39 is 5.95 Å². The molecule has 0 aliphatic heterocycles. The Balaban J connectivity index is 1.54. The second-order valence-corrected chi connectivity index (χ2v) is 6.38. The zero-order valence-electron chi connectivity index (χ0n) is 13.7. The van der Waals surface area contributed by atoms with E-state index in [4.69, 9.17) is 4.74 Å². The van der Waals surface area contributed by atoms with Gasteiger partial charge in [-0.15, -0.1) is 0 Å². The lowest BCUT2D eigenvalue weighted by Crippen LogP contribution is -2.12. The van der Waals surface area contributed by atoms with E-state index in [9.17, 15) is 9.18 Å². The minimum atomic E-state index is -0.505. The van der Waals surface area contributed by atoms with Gasteiger partial charge in [-0.25, -0.2) is 4.98 Å². The summed E-state index contributed by atoms with van der Waals surface area (Å²) in [5.41, 5.74) is 1.15. The maximum atomic E-state index is 13.7. The predicted octanol–water partition coefficient (Wildman–Crippen LogP) is 5.15. The second kappa shape index (κ2) is 8.04. The van der Waals surface area contributed by atoms with Crippen LogP contribution in [0.3, 0.4) is 0 Å². The number of hydrogen-bond donors (Lipinski definition) is 0. The maximum Gasteiger partial charge on any atom is 0.311 e. The number of halogens is 1. The third-order valence-corrected chi connectivity index (χ3v) is 4.64. The molecule has 2 aromatic rings. The minimum absolute atomic E-state index is 0.194. The molecule has 0 bridgehead atoms. The zero-order chi connectivity index (χ0) is 16.8. The standard InChI is InChI=1S/C20H22FNO2/c21-20-18(7-4-14-22-20)16-9-11-17(12-10-16)24-19(23)13-8-15-5-2-1-3-6-15/h4,7,9-12,14-15H,1-3,5-6,8,13H2. The van der Waals surface area contributed by atoms with Gasteiger partial charge < -0.3 is 4.74 Å². The average molecular weight is 327 g/mol. The number of benzene rings is 1. The Morgan fingerprint density at radius 2 is 1.88 bits per heavy atom. The van der Waals surface area contributed by atoms with Gasteiger partial charge in [0, 0.05) is 18.2 Å². The van der Waals surface area contributed by atoms with Crippen molar-refractivity contribution in [1.29, 1.82) is 0 Å². The van der Waals surface area contributed by atoms with Crippen LogP contribution in [-0.4, -0.2) is 11.0 Å². The summed E-state index contributed by atoms with van der Waals surface area (Å²) in [6.45, 7) is 0. The van der Waals surface area contributed by atoms with E-state index in [1.54, 1.807) is 36.4 Å². The van der Waals surface area contributed by atoms with Crippen LogP contribution >= 0.6 is 0 Å². The molecule has 1 aliphatic carbocycles. The molecule has 3 nitrogen and oxygen atoms in total. The Hall–Kier alpha value is -2.23. The quantitative estimate of drug-likeness (QED) is 0.433. The van der Waals surface area contributed by atoms with Gasteiger partial charge in [-0.3, -0.25) is 4.79 Å². The van der Waals surface area contributed by atoms with Crippen LogP contribution in [-0.2, 0) is 4.79 Å². The van der Waals surface area contributed by atoms with Crippen LogP contribution in [0.15, 0.2) is 42.6 Å². The van der Waals surface area contributed by atoms with Crippen LogP contribution in [0.2, 0.25) is 0 Å². The minimum Gasteiger partial charge on any atom is -0.427 e. The summed E-state index contributed by atoms with van der Waals surface area (Å²) in [6.07, 6.45) is 9.16. The number of carbonyl (C=O) groups is 1. The van der Waals surface area contributed by atoms with E-state index in [2.05, 4.69) is 4.98 Å². The van der Waals surface area contributed by atoms with E-state index >= 15 is 0 Å². The molecule has 3 rings (SSSR count). The Morgan fingerprint density at radius 3 is 2.58 bits per heavy atom. The van der Waals surface area contributed by atoms with Crippen molar-refractivity contribution in [1.82, 2.24) is 4.98 Å². The van der Waals surface area contributed by atoms with E-state index in [1.165, 1.54) is 38.3 Å². The normalized spacial score (nSPS) is 15.2. The van der Waals surface area contributed by atoms with Crippen molar-refractivity contribution in [2.24, 2.45) is 5.92 Å². The van der Waals surface area contributed by atoms with Crippen LogP contribution in [0.4, 0.5) is 4.39 Å². The molecule has 126 valence electrons. The molecular weight excluding hydrogens is 305 g/mol. The van der Waals surface area contributed by atoms with Gasteiger partial charge >= 0.3 is 5.97 Å². The molecule has 0 unspecified atom stereocenters. The second-order valence-electron chi connectivity index (χ2n) is 6.38. The van der Waals surface area contributed by atoms with E-state index in [-0.39, 0.29) is 5.97 Å². The first-order chi connectivity index (χ1) is 11.7. The summed E-state index contributed by atoms with van der Waals surface area (Å²) < 4.78 is 19.0. The van der Waals surface area contributed by atoms with Crippen molar-refractivity contribution >= 4 is 5.97 Å². The van der Waals surface area contributed by atoms with Gasteiger partial charge in [0.05, 0.1) is 0 Å². The van der Waals surface area contributed by atoms with Crippen molar-refractivity contribution < 1.29 is 13.9 Å². The third kappa shape index (κ3) is 4.40. The van der Waals surface area contributed by atoms with E-state index in [0.29, 0.717) is 29.2 Å². The lowest BCUT2D eigenvalue weighted by molar-refractivity contribution is -0.134. The first-order valence-electron chi connectivity index (χ1n) is 8.64. The molecule has 1 aliphatic rings. The fraction of sp³-hybridized carbons (Fsp3) is 0.400. The molecule has 1 saturated carbocycles. The number of nitrogens with zero attached hydrogens (tertiary/aromatic N) is 1. The number of aromatic nitrogens is 1. The summed E-state index contributed by atoms with van der Waals surface area (Å²) in [6, 6.07) is 10.2. The molecule has 0 amide bonds. The molecule has 0 atom stereocenters. The highest BCUT2D eigenvalue weighted by Crippen LogP contribution is 2.28. The van der Waals surface area contributed by atoms with Crippen molar-refractivity contribution in [2.45, 2.75) is 44.9 Å². The van der Waals surface area contributed by atoms with Crippen LogP contribution < -0.4 is 4.74 Å². The number of pyridine rings is 1. The summed E-state index contributed by atoms with van der Waals surface area (Å²) in [4.78, 5) is 15.6. The average Bonchev–Trinajstić information content (AvgIpc) is 2.62. The molecular formula is C20H22FNO2. The molecule has 1 aromatic carbocycles.